The van der Waals surface area contributed by atoms with E-state index in [1.54, 1.807) is 19.1 Å². The minimum Gasteiger partial charge on any atom is -0.493 e. The van der Waals surface area contributed by atoms with Gasteiger partial charge in [-0.25, -0.2) is 4.68 Å². The van der Waals surface area contributed by atoms with Gasteiger partial charge in [0.25, 0.3) is 0 Å². The van der Waals surface area contributed by atoms with Crippen LogP contribution in [0.1, 0.15) is 42.2 Å². The van der Waals surface area contributed by atoms with Crippen LogP contribution in [0.25, 0.3) is 16.9 Å². The molecule has 3 aromatic carbocycles. The van der Waals surface area contributed by atoms with Crippen molar-refractivity contribution in [3.05, 3.63) is 89.5 Å². The lowest BCUT2D eigenvalue weighted by Gasteiger charge is -2.24. The Bertz CT molecular complexity index is 1590. The van der Waals surface area contributed by atoms with Crippen molar-refractivity contribution in [3.63, 3.8) is 0 Å². The average molecular weight is 585 g/mol. The molecular weight excluding hydrogens is 548 g/mol. The SMILES string of the molecule is CC[C@H](C)NC(=O)CN1C(=O)CS[C@H](c2ccc(OC)c(OC)c2)c2c(-c3ccccc3)nn(-c3cccc(C)c3)c21. The molecule has 1 aliphatic rings. The Kier molecular flexibility index (Phi) is 8.87. The molecule has 0 unspecified atom stereocenters. The van der Waals surface area contributed by atoms with E-state index in [1.807, 2.05) is 98.2 Å². The number of nitrogens with one attached hydrogen (secondary N) is 1. The zero-order valence-corrected chi connectivity index (χ0v) is 25.4. The predicted octanol–water partition coefficient (Wildman–Crippen LogP) is 5.95. The molecule has 0 aliphatic carbocycles. The van der Waals surface area contributed by atoms with Gasteiger partial charge in [-0.2, -0.15) is 5.10 Å². The lowest BCUT2D eigenvalue weighted by molar-refractivity contribution is -0.123. The Morgan fingerprint density at radius 1 is 1.05 bits per heavy atom. The van der Waals surface area contributed by atoms with Crippen LogP contribution in [0.3, 0.4) is 0 Å². The van der Waals surface area contributed by atoms with Crippen molar-refractivity contribution in [3.8, 4) is 28.4 Å². The summed E-state index contributed by atoms with van der Waals surface area (Å²) in [4.78, 5) is 28.8. The second-order valence-corrected chi connectivity index (χ2v) is 11.5. The highest BCUT2D eigenvalue weighted by Gasteiger charge is 2.38. The Hall–Kier alpha value is -4.24. The van der Waals surface area contributed by atoms with Gasteiger partial charge in [0, 0.05) is 17.2 Å². The molecule has 1 N–H and O–H groups in total. The summed E-state index contributed by atoms with van der Waals surface area (Å²) in [5, 5.41) is 7.91. The van der Waals surface area contributed by atoms with Crippen molar-refractivity contribution in [2.75, 3.05) is 31.4 Å². The third kappa shape index (κ3) is 5.87. The van der Waals surface area contributed by atoms with Crippen molar-refractivity contribution >= 4 is 29.4 Å². The van der Waals surface area contributed by atoms with Crippen molar-refractivity contribution < 1.29 is 19.1 Å². The summed E-state index contributed by atoms with van der Waals surface area (Å²) in [6.07, 6.45) is 0.793. The number of carbonyl (C=O) groups excluding carboxylic acids is 2. The first-order valence-electron chi connectivity index (χ1n) is 14.0. The summed E-state index contributed by atoms with van der Waals surface area (Å²) in [5.74, 6) is 1.64. The molecule has 0 saturated carbocycles. The number of hydrogen-bond donors (Lipinski definition) is 1. The van der Waals surface area contributed by atoms with Crippen molar-refractivity contribution in [2.45, 2.75) is 38.5 Å². The molecule has 1 aliphatic heterocycles. The summed E-state index contributed by atoms with van der Waals surface area (Å²) in [5.41, 5.74) is 5.35. The highest BCUT2D eigenvalue weighted by Crippen LogP contribution is 2.49. The standard InChI is InChI=1S/C33H36N4O4S/c1-6-22(3)34-28(38)19-36-29(39)20-42-32(24-15-16-26(40-4)27(18-24)41-5)30-31(23-12-8-7-9-13-23)35-37(33(30)36)25-14-10-11-21(2)17-25/h7-18,22,32H,6,19-20H2,1-5H3,(H,34,38)/t22-,32+/m0/s1. The highest BCUT2D eigenvalue weighted by molar-refractivity contribution is 8.00. The quantitative estimate of drug-likeness (QED) is 0.262. The average Bonchev–Trinajstić information content (AvgIpc) is 3.33. The molecule has 0 radical (unpaired) electrons. The molecule has 42 heavy (non-hydrogen) atoms. The summed E-state index contributed by atoms with van der Waals surface area (Å²) in [6.45, 7) is 5.89. The lowest BCUT2D eigenvalue weighted by Crippen LogP contribution is -2.44. The van der Waals surface area contributed by atoms with Crippen molar-refractivity contribution in [1.82, 2.24) is 15.1 Å². The maximum Gasteiger partial charge on any atom is 0.240 e. The Balaban J connectivity index is 1.79. The first-order chi connectivity index (χ1) is 20.3. The maximum absolute atomic E-state index is 13.9. The number of aryl methyl sites for hydroxylation is 1. The number of anilines is 1. The van der Waals surface area contributed by atoms with Crippen LogP contribution in [-0.2, 0) is 9.59 Å². The number of ether oxygens (including phenoxy) is 2. The molecule has 1 aromatic heterocycles. The second kappa shape index (κ2) is 12.7. The molecule has 2 heterocycles. The Morgan fingerprint density at radius 3 is 2.50 bits per heavy atom. The van der Waals surface area contributed by atoms with Crippen molar-refractivity contribution in [2.24, 2.45) is 0 Å². The Labute approximate surface area is 251 Å². The zero-order valence-electron chi connectivity index (χ0n) is 24.6. The van der Waals surface area contributed by atoms with Crippen LogP contribution in [0.4, 0.5) is 5.82 Å². The number of amides is 2. The molecule has 2 amide bonds. The van der Waals surface area contributed by atoms with Gasteiger partial charge in [0.1, 0.15) is 12.4 Å². The fraction of sp³-hybridized carbons (Fsp3) is 0.303. The number of aromatic nitrogens is 2. The van der Waals surface area contributed by atoms with Gasteiger partial charge in [-0.05, 0) is 55.7 Å². The molecule has 9 heteroatoms. The van der Waals surface area contributed by atoms with Gasteiger partial charge in [-0.3, -0.25) is 14.5 Å². The first kappa shape index (κ1) is 29.3. The third-order valence-corrected chi connectivity index (χ3v) is 8.67. The number of methoxy groups -OCH3 is 2. The molecule has 8 nitrogen and oxygen atoms in total. The van der Waals surface area contributed by atoms with E-state index in [2.05, 4.69) is 5.32 Å². The van der Waals surface area contributed by atoms with Crippen LogP contribution >= 0.6 is 11.8 Å². The maximum atomic E-state index is 13.9. The van der Waals surface area contributed by atoms with Gasteiger partial charge >= 0.3 is 0 Å². The predicted molar refractivity (Wildman–Crippen MR) is 168 cm³/mol. The number of fused-ring (bicyclic) bond motifs is 1. The molecule has 2 atom stereocenters. The van der Waals surface area contributed by atoms with E-state index >= 15 is 0 Å². The van der Waals surface area contributed by atoms with E-state index in [9.17, 15) is 9.59 Å². The fourth-order valence-corrected chi connectivity index (χ4v) is 6.30. The van der Waals surface area contributed by atoms with E-state index < -0.39 is 0 Å². The fourth-order valence-electron chi connectivity index (χ4n) is 5.11. The van der Waals surface area contributed by atoms with Crippen LogP contribution < -0.4 is 19.7 Å². The molecule has 0 saturated heterocycles. The third-order valence-electron chi connectivity index (χ3n) is 7.41. The number of thioether (sulfide) groups is 1. The van der Waals surface area contributed by atoms with Crippen LogP contribution in [0.5, 0.6) is 11.5 Å². The van der Waals surface area contributed by atoms with E-state index in [1.165, 1.54) is 11.8 Å². The van der Waals surface area contributed by atoms with E-state index in [0.717, 1.165) is 40.1 Å². The van der Waals surface area contributed by atoms with Gasteiger partial charge in [-0.1, -0.05) is 55.5 Å². The smallest absolute Gasteiger partial charge is 0.240 e. The van der Waals surface area contributed by atoms with Gasteiger partial charge in [-0.15, -0.1) is 11.8 Å². The second-order valence-electron chi connectivity index (χ2n) is 10.4. The minimum absolute atomic E-state index is 0.00509. The number of hydrogen-bond acceptors (Lipinski definition) is 6. The largest absolute Gasteiger partial charge is 0.493 e. The zero-order chi connectivity index (χ0) is 29.8. The summed E-state index contributed by atoms with van der Waals surface area (Å²) < 4.78 is 13.0. The molecular formula is C33H36N4O4S. The summed E-state index contributed by atoms with van der Waals surface area (Å²) >= 11 is 1.52. The highest BCUT2D eigenvalue weighted by atomic mass is 32.2. The Morgan fingerprint density at radius 2 is 1.81 bits per heavy atom. The van der Waals surface area contributed by atoms with Gasteiger partial charge in [0.05, 0.1) is 36.6 Å². The molecule has 0 fully saturated rings. The van der Waals surface area contributed by atoms with Crippen LogP contribution in [-0.4, -0.2) is 54.2 Å². The normalized spacial score (nSPS) is 15.5. The van der Waals surface area contributed by atoms with Crippen LogP contribution in [0.2, 0.25) is 0 Å². The topological polar surface area (TPSA) is 85.7 Å². The van der Waals surface area contributed by atoms with E-state index in [4.69, 9.17) is 14.6 Å². The lowest BCUT2D eigenvalue weighted by atomic mass is 9.99. The number of benzene rings is 3. The van der Waals surface area contributed by atoms with E-state index in [0.29, 0.717) is 17.3 Å². The number of carbonyl (C=O) groups is 2. The molecule has 0 bridgehead atoms. The van der Waals surface area contributed by atoms with Gasteiger partial charge in [0.15, 0.2) is 11.5 Å². The van der Waals surface area contributed by atoms with Crippen LogP contribution in [0, 0.1) is 6.92 Å². The van der Waals surface area contributed by atoms with Gasteiger partial charge in [0.2, 0.25) is 11.8 Å². The van der Waals surface area contributed by atoms with Crippen LogP contribution in [0.15, 0.2) is 72.8 Å². The summed E-state index contributed by atoms with van der Waals surface area (Å²) in [6, 6.07) is 23.8. The van der Waals surface area contributed by atoms with Gasteiger partial charge < -0.3 is 14.8 Å². The first-order valence-corrected chi connectivity index (χ1v) is 15.1. The monoisotopic (exact) mass is 584 g/mol. The van der Waals surface area contributed by atoms with Crippen molar-refractivity contribution in [1.29, 1.82) is 0 Å². The molecule has 218 valence electrons. The number of nitrogens with zero attached hydrogens (tertiary/aromatic N) is 3. The van der Waals surface area contributed by atoms with E-state index in [-0.39, 0.29) is 35.4 Å². The minimum atomic E-state index is -0.278. The summed E-state index contributed by atoms with van der Waals surface area (Å²) in [7, 11) is 3.22. The molecule has 0 spiro atoms. The molecule has 5 rings (SSSR count). The number of rotatable bonds is 9. The molecule has 4 aromatic rings.